The standard InChI is InChI=1S/C18H24N4O3S3/c23-17(20-14-6-10-21(11-7-14)18-19-8-13-27-18)15-4-1-2-9-22(15)28(24,25)16-5-3-12-26-16/h3,5,8,12-15H,1-2,4,6-7,9-11H2,(H,20,23). The highest BCUT2D eigenvalue weighted by Crippen LogP contribution is 2.28. The minimum atomic E-state index is -3.62. The number of thiazole rings is 1. The molecular weight excluding hydrogens is 416 g/mol. The lowest BCUT2D eigenvalue weighted by atomic mass is 10.0. The monoisotopic (exact) mass is 440 g/mol. The number of piperidine rings is 2. The first-order chi connectivity index (χ1) is 13.6. The van der Waals surface area contributed by atoms with E-state index in [-0.39, 0.29) is 11.9 Å². The van der Waals surface area contributed by atoms with Crippen molar-refractivity contribution in [2.24, 2.45) is 0 Å². The Kier molecular flexibility index (Phi) is 6.00. The van der Waals surface area contributed by atoms with Crippen molar-refractivity contribution in [3.63, 3.8) is 0 Å². The van der Waals surface area contributed by atoms with Crippen molar-refractivity contribution in [2.45, 2.75) is 48.4 Å². The van der Waals surface area contributed by atoms with Crippen LogP contribution in [-0.4, -0.2) is 55.3 Å². The van der Waals surface area contributed by atoms with E-state index >= 15 is 0 Å². The second-order valence-corrected chi connectivity index (χ2v) is 11.1. The van der Waals surface area contributed by atoms with E-state index in [1.165, 1.54) is 15.6 Å². The van der Waals surface area contributed by atoms with E-state index in [0.717, 1.165) is 43.9 Å². The topological polar surface area (TPSA) is 82.6 Å². The Morgan fingerprint density at radius 3 is 2.61 bits per heavy atom. The minimum absolute atomic E-state index is 0.0805. The van der Waals surface area contributed by atoms with Crippen LogP contribution in [-0.2, 0) is 14.8 Å². The summed E-state index contributed by atoms with van der Waals surface area (Å²) in [6.45, 7) is 2.10. The molecule has 0 saturated carbocycles. The van der Waals surface area contributed by atoms with E-state index in [4.69, 9.17) is 0 Å². The van der Waals surface area contributed by atoms with Crippen LogP contribution in [0.1, 0.15) is 32.1 Å². The second kappa shape index (κ2) is 8.48. The molecule has 10 heteroatoms. The number of anilines is 1. The molecule has 2 saturated heterocycles. The van der Waals surface area contributed by atoms with Crippen LogP contribution in [0.2, 0.25) is 0 Å². The van der Waals surface area contributed by atoms with Gasteiger partial charge in [-0.2, -0.15) is 4.31 Å². The number of rotatable bonds is 5. The maximum Gasteiger partial charge on any atom is 0.253 e. The molecule has 1 N–H and O–H groups in total. The smallest absolute Gasteiger partial charge is 0.253 e. The van der Waals surface area contributed by atoms with Gasteiger partial charge in [-0.05, 0) is 37.1 Å². The van der Waals surface area contributed by atoms with Gasteiger partial charge in [-0.25, -0.2) is 13.4 Å². The minimum Gasteiger partial charge on any atom is -0.352 e. The predicted molar refractivity (Wildman–Crippen MR) is 111 cm³/mol. The third kappa shape index (κ3) is 4.10. The zero-order chi connectivity index (χ0) is 19.6. The van der Waals surface area contributed by atoms with Crippen LogP contribution in [0.3, 0.4) is 0 Å². The number of hydrogen-bond acceptors (Lipinski definition) is 7. The summed E-state index contributed by atoms with van der Waals surface area (Å²) in [6, 6.07) is 2.81. The van der Waals surface area contributed by atoms with Gasteiger partial charge in [-0.15, -0.1) is 22.7 Å². The Morgan fingerprint density at radius 2 is 1.93 bits per heavy atom. The summed E-state index contributed by atoms with van der Waals surface area (Å²) < 4.78 is 27.7. The fourth-order valence-corrected chi connectivity index (χ4v) is 7.34. The van der Waals surface area contributed by atoms with Gasteiger partial charge in [0.15, 0.2) is 5.13 Å². The zero-order valence-corrected chi connectivity index (χ0v) is 17.9. The summed E-state index contributed by atoms with van der Waals surface area (Å²) in [7, 11) is -3.62. The molecule has 2 aromatic rings. The number of nitrogens with zero attached hydrogens (tertiary/aromatic N) is 3. The number of carbonyl (C=O) groups excluding carboxylic acids is 1. The quantitative estimate of drug-likeness (QED) is 0.773. The Balaban J connectivity index is 1.39. The van der Waals surface area contributed by atoms with E-state index < -0.39 is 16.1 Å². The first-order valence-electron chi connectivity index (χ1n) is 9.56. The fraction of sp³-hybridized carbons (Fsp3) is 0.556. The molecule has 2 aliphatic heterocycles. The third-order valence-electron chi connectivity index (χ3n) is 5.35. The Hall–Kier alpha value is -1.49. The van der Waals surface area contributed by atoms with Crippen LogP contribution in [0, 0.1) is 0 Å². The van der Waals surface area contributed by atoms with E-state index in [1.807, 2.05) is 5.38 Å². The van der Waals surface area contributed by atoms with Crippen LogP contribution >= 0.6 is 22.7 Å². The summed E-state index contributed by atoms with van der Waals surface area (Å²) in [5.41, 5.74) is 0. The zero-order valence-electron chi connectivity index (χ0n) is 15.5. The molecule has 2 aromatic heterocycles. The number of sulfonamides is 1. The molecule has 0 spiro atoms. The summed E-state index contributed by atoms with van der Waals surface area (Å²) in [5, 5.41) is 7.85. The number of nitrogens with one attached hydrogen (secondary N) is 1. The van der Waals surface area contributed by atoms with Gasteiger partial charge < -0.3 is 10.2 Å². The molecule has 1 amide bonds. The average Bonchev–Trinajstić information content (AvgIpc) is 3.43. The third-order valence-corrected chi connectivity index (χ3v) is 9.46. The largest absolute Gasteiger partial charge is 0.352 e. The van der Waals surface area contributed by atoms with Crippen molar-refractivity contribution in [1.82, 2.24) is 14.6 Å². The molecule has 0 aromatic carbocycles. The van der Waals surface area contributed by atoms with Gasteiger partial charge in [-0.1, -0.05) is 12.5 Å². The highest BCUT2D eigenvalue weighted by Gasteiger charge is 2.38. The average molecular weight is 441 g/mol. The first kappa shape index (κ1) is 19.8. The van der Waals surface area contributed by atoms with Crippen molar-refractivity contribution in [3.8, 4) is 0 Å². The highest BCUT2D eigenvalue weighted by molar-refractivity contribution is 7.91. The Morgan fingerprint density at radius 1 is 1.11 bits per heavy atom. The molecule has 0 radical (unpaired) electrons. The van der Waals surface area contributed by atoms with Crippen LogP contribution in [0.15, 0.2) is 33.3 Å². The first-order valence-corrected chi connectivity index (χ1v) is 12.8. The SMILES string of the molecule is O=C(NC1CCN(c2nccs2)CC1)C1CCCCN1S(=O)(=O)c1cccs1. The number of hydrogen-bond donors (Lipinski definition) is 1. The number of aromatic nitrogens is 1. The van der Waals surface area contributed by atoms with Crippen LogP contribution in [0.5, 0.6) is 0 Å². The van der Waals surface area contributed by atoms with Crippen molar-refractivity contribution in [2.75, 3.05) is 24.5 Å². The number of amides is 1. The molecule has 2 aliphatic rings. The van der Waals surface area contributed by atoms with Crippen molar-refractivity contribution in [1.29, 1.82) is 0 Å². The lowest BCUT2D eigenvalue weighted by molar-refractivity contribution is -0.126. The molecule has 152 valence electrons. The molecule has 0 bridgehead atoms. The van der Waals surface area contributed by atoms with Gasteiger partial charge >= 0.3 is 0 Å². The van der Waals surface area contributed by atoms with E-state index in [1.54, 1.807) is 35.0 Å². The van der Waals surface area contributed by atoms with E-state index in [2.05, 4.69) is 15.2 Å². The predicted octanol–water partition coefficient (Wildman–Crippen LogP) is 2.53. The van der Waals surface area contributed by atoms with E-state index in [0.29, 0.717) is 17.2 Å². The number of thiophene rings is 1. The molecule has 1 unspecified atom stereocenters. The van der Waals surface area contributed by atoms with Gasteiger partial charge in [0.2, 0.25) is 5.91 Å². The Bertz CT molecular complexity index is 875. The maximum absolute atomic E-state index is 13.0. The summed E-state index contributed by atoms with van der Waals surface area (Å²) in [6.07, 6.45) is 5.73. The molecule has 4 rings (SSSR count). The molecule has 2 fully saturated rings. The molecule has 1 atom stereocenters. The second-order valence-electron chi connectivity index (χ2n) is 7.14. The fourth-order valence-electron chi connectivity index (χ4n) is 3.87. The lowest BCUT2D eigenvalue weighted by Gasteiger charge is -2.36. The van der Waals surface area contributed by atoms with Crippen molar-refractivity contribution in [3.05, 3.63) is 29.1 Å². The van der Waals surface area contributed by atoms with Gasteiger partial charge in [0.05, 0.1) is 0 Å². The lowest BCUT2D eigenvalue weighted by Crippen LogP contribution is -2.55. The summed E-state index contributed by atoms with van der Waals surface area (Å²) in [5.74, 6) is -0.160. The normalized spacial score (nSPS) is 22.3. The summed E-state index contributed by atoms with van der Waals surface area (Å²) >= 11 is 2.82. The van der Waals surface area contributed by atoms with Gasteiger partial charge in [-0.3, -0.25) is 4.79 Å². The maximum atomic E-state index is 13.0. The molecular formula is C18H24N4O3S3. The Labute approximate surface area is 173 Å². The van der Waals surface area contributed by atoms with Crippen molar-refractivity contribution >= 4 is 43.7 Å². The van der Waals surface area contributed by atoms with Crippen LogP contribution in [0.25, 0.3) is 0 Å². The van der Waals surface area contributed by atoms with Crippen LogP contribution in [0.4, 0.5) is 5.13 Å². The van der Waals surface area contributed by atoms with Gasteiger partial charge in [0.1, 0.15) is 10.3 Å². The number of carbonyl (C=O) groups is 1. The van der Waals surface area contributed by atoms with Crippen molar-refractivity contribution < 1.29 is 13.2 Å². The molecule has 4 heterocycles. The highest BCUT2D eigenvalue weighted by atomic mass is 32.2. The molecule has 28 heavy (non-hydrogen) atoms. The van der Waals surface area contributed by atoms with Gasteiger partial charge in [0.25, 0.3) is 10.0 Å². The van der Waals surface area contributed by atoms with E-state index in [9.17, 15) is 13.2 Å². The molecule has 7 nitrogen and oxygen atoms in total. The van der Waals surface area contributed by atoms with Crippen LogP contribution < -0.4 is 10.2 Å². The molecule has 0 aliphatic carbocycles. The van der Waals surface area contributed by atoms with Gasteiger partial charge in [0, 0.05) is 37.3 Å². The summed E-state index contributed by atoms with van der Waals surface area (Å²) in [4.78, 5) is 19.5.